The van der Waals surface area contributed by atoms with E-state index < -0.39 is 0 Å². The van der Waals surface area contributed by atoms with Gasteiger partial charge in [0.25, 0.3) is 0 Å². The highest BCUT2D eigenvalue weighted by Gasteiger charge is 2.06. The lowest BCUT2D eigenvalue weighted by Crippen LogP contribution is -2.04. The number of hydrogen-bond acceptors (Lipinski definition) is 3. The molecule has 0 radical (unpaired) electrons. The van der Waals surface area contributed by atoms with E-state index in [-0.39, 0.29) is 5.82 Å². The highest BCUT2D eigenvalue weighted by atomic mass is 19.1. The van der Waals surface area contributed by atoms with Crippen LogP contribution in [0.15, 0.2) is 36.4 Å². The Morgan fingerprint density at radius 2 is 1.85 bits per heavy atom. The van der Waals surface area contributed by atoms with E-state index in [9.17, 15) is 4.39 Å². The Bertz CT molecular complexity index is 599. The number of hydrogen-bond donors (Lipinski definition) is 1. The number of methoxy groups -OCH3 is 1. The van der Waals surface area contributed by atoms with Crippen LogP contribution in [0.5, 0.6) is 11.5 Å². The van der Waals surface area contributed by atoms with Crippen LogP contribution in [-0.2, 0) is 13.2 Å². The predicted octanol–water partition coefficient (Wildman–Crippen LogP) is 3.18. The van der Waals surface area contributed by atoms with Gasteiger partial charge in [-0.3, -0.25) is 0 Å². The van der Waals surface area contributed by atoms with Crippen molar-refractivity contribution in [1.29, 1.82) is 0 Å². The van der Waals surface area contributed by atoms with Crippen molar-refractivity contribution in [2.75, 3.05) is 7.11 Å². The van der Waals surface area contributed by atoms with Crippen LogP contribution in [0.3, 0.4) is 0 Å². The maximum absolute atomic E-state index is 13.1. The fourth-order valence-electron chi connectivity index (χ4n) is 1.94. The van der Waals surface area contributed by atoms with E-state index in [0.29, 0.717) is 24.7 Å². The smallest absolute Gasteiger partial charge is 0.127 e. The Labute approximate surface area is 118 Å². The van der Waals surface area contributed by atoms with Gasteiger partial charge in [-0.15, -0.1) is 0 Å². The van der Waals surface area contributed by atoms with E-state index >= 15 is 0 Å². The molecule has 0 aliphatic rings. The summed E-state index contributed by atoms with van der Waals surface area (Å²) in [6.45, 7) is 2.62. The molecule has 0 spiro atoms. The molecule has 0 aromatic heterocycles. The van der Waals surface area contributed by atoms with Gasteiger partial charge in [-0.1, -0.05) is 12.1 Å². The molecule has 0 heterocycles. The van der Waals surface area contributed by atoms with E-state index in [1.807, 2.05) is 19.1 Å². The average Bonchev–Trinajstić information content (AvgIpc) is 2.46. The molecule has 0 fully saturated rings. The predicted molar refractivity (Wildman–Crippen MR) is 76.4 cm³/mol. The van der Waals surface area contributed by atoms with Crippen molar-refractivity contribution in [3.05, 3.63) is 58.9 Å². The Morgan fingerprint density at radius 1 is 1.10 bits per heavy atom. The van der Waals surface area contributed by atoms with E-state index in [1.54, 1.807) is 19.2 Å². The van der Waals surface area contributed by atoms with Crippen molar-refractivity contribution < 1.29 is 13.9 Å². The quantitative estimate of drug-likeness (QED) is 0.911. The number of benzene rings is 2. The molecule has 2 rings (SSSR count). The average molecular weight is 275 g/mol. The molecule has 106 valence electrons. The van der Waals surface area contributed by atoms with Crippen molar-refractivity contribution >= 4 is 0 Å². The number of rotatable bonds is 5. The minimum atomic E-state index is -0.240. The molecule has 3 nitrogen and oxygen atoms in total. The molecule has 0 saturated heterocycles. The van der Waals surface area contributed by atoms with Crippen LogP contribution in [-0.4, -0.2) is 7.11 Å². The van der Waals surface area contributed by atoms with Crippen LogP contribution in [0.4, 0.5) is 4.39 Å². The fraction of sp³-hybridized carbons (Fsp3) is 0.250. The Morgan fingerprint density at radius 3 is 2.50 bits per heavy atom. The summed E-state index contributed by atoms with van der Waals surface area (Å²) < 4.78 is 24.0. The number of ether oxygens (including phenoxy) is 2. The minimum absolute atomic E-state index is 0.240. The first-order valence-electron chi connectivity index (χ1n) is 6.39. The summed E-state index contributed by atoms with van der Waals surface area (Å²) in [5, 5.41) is 0. The molecule has 20 heavy (non-hydrogen) atoms. The number of aryl methyl sites for hydroxylation is 1. The maximum Gasteiger partial charge on any atom is 0.127 e. The first-order valence-corrected chi connectivity index (χ1v) is 6.39. The van der Waals surface area contributed by atoms with Gasteiger partial charge in [0.15, 0.2) is 0 Å². The summed E-state index contributed by atoms with van der Waals surface area (Å²) in [4.78, 5) is 0. The topological polar surface area (TPSA) is 44.5 Å². The standard InChI is InChI=1S/C16H18FNO2/c1-11-7-14(17)5-3-13(11)10-20-16-8-15(19-2)6-4-12(16)9-18/h3-8H,9-10,18H2,1-2H3. The van der Waals surface area contributed by atoms with Crippen LogP contribution in [0, 0.1) is 12.7 Å². The summed E-state index contributed by atoms with van der Waals surface area (Å²) in [6.07, 6.45) is 0. The molecule has 0 amide bonds. The maximum atomic E-state index is 13.1. The lowest BCUT2D eigenvalue weighted by atomic mass is 10.1. The van der Waals surface area contributed by atoms with Crippen molar-refractivity contribution in [2.45, 2.75) is 20.1 Å². The van der Waals surface area contributed by atoms with Gasteiger partial charge in [-0.25, -0.2) is 4.39 Å². The molecule has 0 atom stereocenters. The first kappa shape index (κ1) is 14.3. The summed E-state index contributed by atoms with van der Waals surface area (Å²) in [6, 6.07) is 10.2. The van der Waals surface area contributed by atoms with Gasteiger partial charge in [0.05, 0.1) is 7.11 Å². The van der Waals surface area contributed by atoms with Gasteiger partial charge in [0.1, 0.15) is 23.9 Å². The zero-order valence-corrected chi connectivity index (χ0v) is 11.7. The molecule has 0 saturated carbocycles. The third-order valence-electron chi connectivity index (χ3n) is 3.18. The Kier molecular flexibility index (Phi) is 4.58. The number of nitrogens with two attached hydrogens (primary N) is 1. The lowest BCUT2D eigenvalue weighted by molar-refractivity contribution is 0.299. The Balaban J connectivity index is 2.17. The summed E-state index contributed by atoms with van der Waals surface area (Å²) >= 11 is 0. The van der Waals surface area contributed by atoms with Crippen molar-refractivity contribution in [3.8, 4) is 11.5 Å². The molecule has 0 aliphatic carbocycles. The SMILES string of the molecule is COc1ccc(CN)c(OCc2ccc(F)cc2C)c1. The van der Waals surface area contributed by atoms with Gasteiger partial charge in [0.2, 0.25) is 0 Å². The molecule has 4 heteroatoms. The molecular formula is C16H18FNO2. The second-order valence-corrected chi connectivity index (χ2v) is 4.54. The van der Waals surface area contributed by atoms with Gasteiger partial charge in [-0.05, 0) is 36.2 Å². The van der Waals surface area contributed by atoms with Gasteiger partial charge in [0, 0.05) is 18.2 Å². The van der Waals surface area contributed by atoms with Crippen molar-refractivity contribution in [3.63, 3.8) is 0 Å². The van der Waals surface area contributed by atoms with Crippen LogP contribution < -0.4 is 15.2 Å². The van der Waals surface area contributed by atoms with E-state index in [2.05, 4.69) is 0 Å². The van der Waals surface area contributed by atoms with Crippen LogP contribution in [0.1, 0.15) is 16.7 Å². The largest absolute Gasteiger partial charge is 0.497 e. The zero-order valence-electron chi connectivity index (χ0n) is 11.7. The molecular weight excluding hydrogens is 257 g/mol. The highest BCUT2D eigenvalue weighted by molar-refractivity contribution is 5.41. The Hall–Kier alpha value is -2.07. The summed E-state index contributed by atoms with van der Waals surface area (Å²) in [7, 11) is 1.60. The second-order valence-electron chi connectivity index (χ2n) is 4.54. The number of halogens is 1. The van der Waals surface area contributed by atoms with E-state index in [1.165, 1.54) is 12.1 Å². The summed E-state index contributed by atoms with van der Waals surface area (Å²) in [5.74, 6) is 1.17. The third kappa shape index (κ3) is 3.27. The van der Waals surface area contributed by atoms with Crippen molar-refractivity contribution in [1.82, 2.24) is 0 Å². The lowest BCUT2D eigenvalue weighted by Gasteiger charge is -2.13. The fourth-order valence-corrected chi connectivity index (χ4v) is 1.94. The molecule has 0 unspecified atom stereocenters. The summed E-state index contributed by atoms with van der Waals surface area (Å²) in [5.41, 5.74) is 8.40. The minimum Gasteiger partial charge on any atom is -0.497 e. The molecule has 2 aromatic carbocycles. The second kappa shape index (κ2) is 6.39. The van der Waals surface area contributed by atoms with E-state index in [0.717, 1.165) is 16.7 Å². The first-order chi connectivity index (χ1) is 9.63. The normalized spacial score (nSPS) is 10.4. The van der Waals surface area contributed by atoms with Gasteiger partial charge < -0.3 is 15.2 Å². The molecule has 0 bridgehead atoms. The van der Waals surface area contributed by atoms with Gasteiger partial charge >= 0.3 is 0 Å². The highest BCUT2D eigenvalue weighted by Crippen LogP contribution is 2.25. The van der Waals surface area contributed by atoms with Crippen LogP contribution in [0.25, 0.3) is 0 Å². The van der Waals surface area contributed by atoms with E-state index in [4.69, 9.17) is 15.2 Å². The monoisotopic (exact) mass is 275 g/mol. The van der Waals surface area contributed by atoms with Crippen molar-refractivity contribution in [2.24, 2.45) is 5.73 Å². The third-order valence-corrected chi connectivity index (χ3v) is 3.18. The molecule has 2 N–H and O–H groups in total. The molecule has 2 aromatic rings. The van der Waals surface area contributed by atoms with Crippen LogP contribution in [0.2, 0.25) is 0 Å². The van der Waals surface area contributed by atoms with Crippen LogP contribution >= 0.6 is 0 Å². The molecule has 0 aliphatic heterocycles. The van der Waals surface area contributed by atoms with Gasteiger partial charge in [-0.2, -0.15) is 0 Å². The zero-order chi connectivity index (χ0) is 14.5.